The van der Waals surface area contributed by atoms with Crippen molar-refractivity contribution < 1.29 is 27.8 Å². The molecule has 5 heterocycles. The molecular weight excluding hydrogens is 619 g/mol. The number of halogens is 1. The highest BCUT2D eigenvalue weighted by Crippen LogP contribution is 2.48. The Kier molecular flexibility index (Phi) is 8.26. The van der Waals surface area contributed by atoms with E-state index in [1.807, 2.05) is 13.1 Å². The molecule has 0 spiro atoms. The summed E-state index contributed by atoms with van der Waals surface area (Å²) in [4.78, 5) is 15.4. The Morgan fingerprint density at radius 1 is 1.04 bits per heavy atom. The van der Waals surface area contributed by atoms with Crippen LogP contribution in [0, 0.1) is 5.82 Å². The monoisotopic (exact) mass is 664 g/mol. The summed E-state index contributed by atoms with van der Waals surface area (Å²) < 4.78 is 44.6. The van der Waals surface area contributed by atoms with Gasteiger partial charge in [-0.1, -0.05) is 41.5 Å². The van der Waals surface area contributed by atoms with Gasteiger partial charge in [0.15, 0.2) is 23.0 Å². The third-order valence-corrected chi connectivity index (χ3v) is 15.4. The Balaban J connectivity index is 1.57. The number of hydrogen-bond acceptors (Lipinski definition) is 8. The number of anilines is 1. The van der Waals surface area contributed by atoms with E-state index in [-0.39, 0.29) is 19.1 Å². The number of amides is 1. The number of aryl methyl sites for hydroxylation is 1. The van der Waals surface area contributed by atoms with Gasteiger partial charge in [0.1, 0.15) is 29.2 Å². The van der Waals surface area contributed by atoms with Crippen molar-refractivity contribution in [3.05, 3.63) is 47.7 Å². The van der Waals surface area contributed by atoms with Gasteiger partial charge in [0.05, 0.1) is 37.4 Å². The van der Waals surface area contributed by atoms with Gasteiger partial charge in [0.25, 0.3) is 8.32 Å². The van der Waals surface area contributed by atoms with Gasteiger partial charge in [0, 0.05) is 18.2 Å². The average Bonchev–Trinajstić information content (AvgIpc) is 3.71. The van der Waals surface area contributed by atoms with Gasteiger partial charge in [-0.15, -0.1) is 10.2 Å². The van der Waals surface area contributed by atoms with Crippen LogP contribution in [-0.4, -0.2) is 57.6 Å². The van der Waals surface area contributed by atoms with Gasteiger partial charge in [-0.3, -0.25) is 14.0 Å². The molecular formula is C34H45FN6O5Si. The van der Waals surface area contributed by atoms with E-state index in [1.165, 1.54) is 17.3 Å². The van der Waals surface area contributed by atoms with Crippen LogP contribution in [0.3, 0.4) is 0 Å². The maximum absolute atomic E-state index is 15.6. The second-order valence-corrected chi connectivity index (χ2v) is 19.9. The predicted octanol–water partition coefficient (Wildman–Crippen LogP) is 7.63. The molecule has 2 aliphatic heterocycles. The Labute approximate surface area is 276 Å². The highest BCUT2D eigenvalue weighted by atomic mass is 28.4. The van der Waals surface area contributed by atoms with Crippen molar-refractivity contribution in [2.24, 2.45) is 7.05 Å². The third kappa shape index (κ3) is 5.51. The molecule has 4 aromatic rings. The third-order valence-electron chi connectivity index (χ3n) is 9.40. The summed E-state index contributed by atoms with van der Waals surface area (Å²) >= 11 is 0. The molecule has 0 radical (unpaired) electrons. The van der Waals surface area contributed by atoms with Crippen LogP contribution in [0.5, 0.6) is 17.2 Å². The fraction of sp³-hybridized carbons (Fsp3) is 0.529. The fourth-order valence-corrected chi connectivity index (χ4v) is 12.7. The number of fused-ring (bicyclic) bond motifs is 3. The highest BCUT2D eigenvalue weighted by molar-refractivity contribution is 6.78. The lowest BCUT2D eigenvalue weighted by molar-refractivity contribution is 0.0574. The molecule has 0 bridgehead atoms. The Bertz CT molecular complexity index is 1810. The quantitative estimate of drug-likeness (QED) is 0.194. The molecule has 0 unspecified atom stereocenters. The molecule has 13 heteroatoms. The number of aromatic nitrogens is 5. The van der Waals surface area contributed by atoms with Gasteiger partial charge >= 0.3 is 6.09 Å². The second-order valence-electron chi connectivity index (χ2n) is 14.5. The molecule has 1 aromatic carbocycles. The normalized spacial score (nSPS) is 16.5. The van der Waals surface area contributed by atoms with Crippen molar-refractivity contribution >= 4 is 25.9 Å². The number of benzene rings is 1. The van der Waals surface area contributed by atoms with Crippen LogP contribution in [0.25, 0.3) is 16.9 Å². The number of pyridine rings is 1. The van der Waals surface area contributed by atoms with E-state index in [1.54, 1.807) is 42.1 Å². The van der Waals surface area contributed by atoms with Crippen LogP contribution < -0.4 is 18.8 Å². The molecule has 47 heavy (non-hydrogen) atoms. The number of hydrogen-bond donors (Lipinski definition) is 0. The summed E-state index contributed by atoms with van der Waals surface area (Å²) in [6, 6.07) is 4.86. The zero-order chi connectivity index (χ0) is 34.0. The summed E-state index contributed by atoms with van der Waals surface area (Å²) in [5.74, 6) is 1.29. The summed E-state index contributed by atoms with van der Waals surface area (Å²) in [5.41, 5.74) is 3.12. The van der Waals surface area contributed by atoms with Crippen molar-refractivity contribution in [3.8, 4) is 28.5 Å². The van der Waals surface area contributed by atoms with Gasteiger partial charge in [-0.2, -0.15) is 5.10 Å². The second kappa shape index (κ2) is 11.8. The molecule has 252 valence electrons. The van der Waals surface area contributed by atoms with E-state index < -0.39 is 25.8 Å². The van der Waals surface area contributed by atoms with Crippen molar-refractivity contribution in [2.75, 3.05) is 18.1 Å². The van der Waals surface area contributed by atoms with Crippen molar-refractivity contribution in [1.82, 2.24) is 24.4 Å². The fourth-order valence-electron chi connectivity index (χ4n) is 7.49. The molecule has 3 aromatic heterocycles. The van der Waals surface area contributed by atoms with Gasteiger partial charge in [-0.25, -0.2) is 9.18 Å². The van der Waals surface area contributed by atoms with E-state index in [2.05, 4.69) is 56.8 Å². The molecule has 0 fully saturated rings. The van der Waals surface area contributed by atoms with Crippen molar-refractivity contribution in [1.29, 1.82) is 0 Å². The largest absolute Gasteiger partial charge is 0.540 e. The zero-order valence-electron chi connectivity index (χ0n) is 28.9. The minimum atomic E-state index is -2.37. The summed E-state index contributed by atoms with van der Waals surface area (Å²) in [5, 5.41) is 13.4. The standard InChI is InChI=1S/C34H45FN6O5Si/c1-19(2)47(20(3)4,21(5)6)46-28-14-37-39(10)30(28)23-13-27-32(41-18-36-38-31(23)41)40(33(42)45-34(7,8)9)15-24-25(35)11-12-26-29(24)22(16-43-26)17-44-27/h11-14,18-22H,15-17H2,1-10H3/t22-/m1/s1. The van der Waals surface area contributed by atoms with E-state index in [0.29, 0.717) is 68.6 Å². The van der Waals surface area contributed by atoms with Crippen LogP contribution in [0.15, 0.2) is 30.7 Å². The van der Waals surface area contributed by atoms with Crippen molar-refractivity contribution in [2.45, 2.75) is 97.0 Å². The number of nitrogens with zero attached hydrogens (tertiary/aromatic N) is 6. The van der Waals surface area contributed by atoms with Gasteiger partial charge in [-0.05, 0) is 55.6 Å². The molecule has 0 saturated heterocycles. The van der Waals surface area contributed by atoms with Gasteiger partial charge in [0.2, 0.25) is 0 Å². The zero-order valence-corrected chi connectivity index (χ0v) is 29.9. The number of carbonyl (C=O) groups excluding carboxylic acids is 1. The first kappa shape index (κ1) is 32.8. The molecule has 11 nitrogen and oxygen atoms in total. The summed E-state index contributed by atoms with van der Waals surface area (Å²) in [6.45, 7) is 19.2. The minimum Gasteiger partial charge on any atom is -0.540 e. The highest BCUT2D eigenvalue weighted by Gasteiger charge is 2.48. The number of ether oxygens (including phenoxy) is 3. The minimum absolute atomic E-state index is 0.113. The van der Waals surface area contributed by atoms with E-state index in [9.17, 15) is 4.79 Å². The van der Waals surface area contributed by atoms with E-state index in [0.717, 1.165) is 5.69 Å². The molecule has 2 aliphatic rings. The Morgan fingerprint density at radius 3 is 2.34 bits per heavy atom. The number of carbonyl (C=O) groups is 1. The Hall–Kier alpha value is -4.13. The predicted molar refractivity (Wildman–Crippen MR) is 179 cm³/mol. The smallest absolute Gasteiger partial charge is 0.416 e. The van der Waals surface area contributed by atoms with E-state index in [4.69, 9.17) is 18.6 Å². The first-order chi connectivity index (χ1) is 22.1. The SMILES string of the molecule is CC(C)[Si](Oc1cnn(C)c1-c1cc2c(n3cnnc13)N(C(=O)OC(C)(C)C)Cc1c(F)ccc3c1[C@H](CO3)CO2)(C(C)C)C(C)C. The maximum atomic E-state index is 15.6. The van der Waals surface area contributed by atoms with Crippen LogP contribution >= 0.6 is 0 Å². The number of rotatable bonds is 6. The van der Waals surface area contributed by atoms with Crippen LogP contribution in [-0.2, 0) is 18.3 Å². The van der Waals surface area contributed by atoms with Crippen LogP contribution in [0.4, 0.5) is 15.0 Å². The topological polar surface area (TPSA) is 105 Å². The lowest BCUT2D eigenvalue weighted by atomic mass is 9.95. The first-order valence-electron chi connectivity index (χ1n) is 16.3. The van der Waals surface area contributed by atoms with Crippen LogP contribution in [0.2, 0.25) is 16.6 Å². The lowest BCUT2D eigenvalue weighted by Gasteiger charge is -2.42. The van der Waals surface area contributed by atoms with Crippen LogP contribution in [0.1, 0.15) is 79.4 Å². The lowest BCUT2D eigenvalue weighted by Crippen LogP contribution is -2.50. The molecule has 6 rings (SSSR count). The van der Waals surface area contributed by atoms with Crippen molar-refractivity contribution in [3.63, 3.8) is 0 Å². The molecule has 0 aliphatic carbocycles. The summed E-state index contributed by atoms with van der Waals surface area (Å²) in [6.07, 6.45) is 2.64. The molecule has 0 N–H and O–H groups in total. The molecule has 1 atom stereocenters. The van der Waals surface area contributed by atoms with Gasteiger partial charge < -0.3 is 18.6 Å². The summed E-state index contributed by atoms with van der Waals surface area (Å²) in [7, 11) is -0.500. The average molecular weight is 665 g/mol. The molecule has 0 saturated carbocycles. The molecule has 1 amide bonds. The first-order valence-corrected chi connectivity index (χ1v) is 18.4. The Morgan fingerprint density at radius 2 is 1.70 bits per heavy atom. The maximum Gasteiger partial charge on any atom is 0.416 e. The van der Waals surface area contributed by atoms with E-state index >= 15 is 4.39 Å².